The molecule has 3 aliphatic rings. The van der Waals surface area contributed by atoms with Crippen LogP contribution in [0.15, 0.2) is 34.6 Å². The van der Waals surface area contributed by atoms with Crippen LogP contribution < -0.4 is 0 Å². The molecular weight excluding hydrogens is 472 g/mol. The third kappa shape index (κ3) is 5.74. The highest BCUT2D eigenvalue weighted by Crippen LogP contribution is 2.58. The summed E-state index contributed by atoms with van der Waals surface area (Å²) in [7, 11) is 0. The zero-order valence-electron chi connectivity index (χ0n) is 23.4. The van der Waals surface area contributed by atoms with Crippen LogP contribution in [0.4, 0.5) is 0 Å². The Morgan fingerprint density at radius 3 is 2.65 bits per heavy atom. The molecule has 0 saturated heterocycles. The summed E-state index contributed by atoms with van der Waals surface area (Å²) < 4.78 is 11.3. The molecule has 1 saturated carbocycles. The number of ether oxygens (including phenoxy) is 2. The van der Waals surface area contributed by atoms with E-state index >= 15 is 0 Å². The van der Waals surface area contributed by atoms with E-state index in [4.69, 9.17) is 9.47 Å². The van der Waals surface area contributed by atoms with Gasteiger partial charge in [0.05, 0.1) is 12.0 Å². The van der Waals surface area contributed by atoms with Crippen molar-refractivity contribution < 1.29 is 34.4 Å². The van der Waals surface area contributed by atoms with Gasteiger partial charge in [0.25, 0.3) is 0 Å². The maximum atomic E-state index is 13.2. The van der Waals surface area contributed by atoms with Gasteiger partial charge >= 0.3 is 11.9 Å². The van der Waals surface area contributed by atoms with Gasteiger partial charge in [0.1, 0.15) is 17.5 Å². The lowest BCUT2D eigenvalue weighted by molar-refractivity contribution is -0.202. The number of carbonyl (C=O) groups is 2. The molecule has 2 aliphatic carbocycles. The number of aliphatic hydroxyl groups is 3. The highest BCUT2D eigenvalue weighted by atomic mass is 16.6. The molecule has 3 rings (SSSR count). The first-order chi connectivity index (χ1) is 17.4. The van der Waals surface area contributed by atoms with Crippen LogP contribution in [-0.2, 0) is 19.1 Å². The second kappa shape index (κ2) is 11.8. The molecule has 37 heavy (non-hydrogen) atoms. The third-order valence-corrected chi connectivity index (χ3v) is 9.24. The number of aliphatic hydroxyl groups excluding tert-OH is 2. The zero-order chi connectivity index (χ0) is 27.5. The minimum absolute atomic E-state index is 0.00393. The molecule has 0 amide bonds. The van der Waals surface area contributed by atoms with Gasteiger partial charge in [-0.15, -0.1) is 0 Å². The average Bonchev–Trinajstić information content (AvgIpc) is 3.13. The fourth-order valence-corrected chi connectivity index (χ4v) is 6.18. The van der Waals surface area contributed by atoms with Crippen molar-refractivity contribution >= 4 is 11.9 Å². The Hall–Kier alpha value is -1.96. The van der Waals surface area contributed by atoms with Gasteiger partial charge in [-0.2, -0.15) is 0 Å². The van der Waals surface area contributed by atoms with E-state index in [1.807, 2.05) is 13.0 Å². The summed E-state index contributed by atoms with van der Waals surface area (Å²) in [6, 6.07) is 0. The fourth-order valence-electron chi connectivity index (χ4n) is 6.18. The van der Waals surface area contributed by atoms with Crippen LogP contribution in [-0.4, -0.2) is 51.7 Å². The predicted octanol–water partition coefficient (Wildman–Crippen LogP) is 4.75. The Kier molecular flexibility index (Phi) is 9.46. The summed E-state index contributed by atoms with van der Waals surface area (Å²) in [5, 5.41) is 32.7. The SMILES string of the molecule is CCCCCC[C@H](/C=C(\C)[C@@H](O)[C@@H](C)C(=O)O[C@@H]1CC[C@H](C)[C@@]2(C)CC3=C(C)C(=O)OC3=C[C@]12O)CO. The molecule has 0 aromatic heterocycles. The normalized spacial score (nSPS) is 32.2. The van der Waals surface area contributed by atoms with Crippen molar-refractivity contribution in [2.75, 3.05) is 6.61 Å². The maximum Gasteiger partial charge on any atom is 0.339 e. The minimum Gasteiger partial charge on any atom is -0.459 e. The third-order valence-electron chi connectivity index (χ3n) is 9.24. The standard InChI is InChI=1S/C30H46O7/c1-7-8-9-10-11-22(17-31)14-18(2)26(32)21(5)28(34)37-25-13-12-19(3)29(6)15-23-20(4)27(33)36-24(23)16-30(25,29)35/h14,16,19,21-22,25-26,31-32,35H,7-13,15,17H2,1-6H3/b18-14+/t19-,21+,22+,25+,26+,29+,30-/m0/s1. The van der Waals surface area contributed by atoms with Crippen molar-refractivity contribution in [3.63, 3.8) is 0 Å². The maximum absolute atomic E-state index is 13.2. The lowest BCUT2D eigenvalue weighted by atomic mass is 9.53. The van der Waals surface area contributed by atoms with Gasteiger partial charge in [-0.1, -0.05) is 52.5 Å². The first-order valence-electron chi connectivity index (χ1n) is 13.9. The predicted molar refractivity (Wildman–Crippen MR) is 141 cm³/mol. The Morgan fingerprint density at radius 2 is 2.00 bits per heavy atom. The largest absolute Gasteiger partial charge is 0.459 e. The highest BCUT2D eigenvalue weighted by Gasteiger charge is 2.61. The smallest absolute Gasteiger partial charge is 0.339 e. The Morgan fingerprint density at radius 1 is 1.30 bits per heavy atom. The van der Waals surface area contributed by atoms with E-state index in [0.717, 1.165) is 44.1 Å². The van der Waals surface area contributed by atoms with Gasteiger partial charge in [-0.05, 0) is 64.0 Å². The van der Waals surface area contributed by atoms with Crippen LogP contribution in [0.25, 0.3) is 0 Å². The van der Waals surface area contributed by atoms with Crippen molar-refractivity contribution in [1.29, 1.82) is 0 Å². The molecule has 7 nitrogen and oxygen atoms in total. The van der Waals surface area contributed by atoms with Crippen molar-refractivity contribution in [2.24, 2.45) is 23.2 Å². The molecule has 1 heterocycles. The van der Waals surface area contributed by atoms with E-state index in [1.165, 1.54) is 0 Å². The summed E-state index contributed by atoms with van der Waals surface area (Å²) in [5.74, 6) is -1.41. The lowest BCUT2D eigenvalue weighted by Gasteiger charge is -2.56. The van der Waals surface area contributed by atoms with Gasteiger partial charge in [0, 0.05) is 29.1 Å². The number of rotatable bonds is 11. The molecular formula is C30H46O7. The van der Waals surface area contributed by atoms with Gasteiger partial charge < -0.3 is 24.8 Å². The Bertz CT molecular complexity index is 963. The molecule has 7 heteroatoms. The second-order valence-corrected chi connectivity index (χ2v) is 11.8. The quantitative estimate of drug-likeness (QED) is 0.205. The van der Waals surface area contributed by atoms with E-state index in [0.29, 0.717) is 29.7 Å². The van der Waals surface area contributed by atoms with Gasteiger partial charge in [0.15, 0.2) is 0 Å². The highest BCUT2D eigenvalue weighted by molar-refractivity contribution is 5.94. The molecule has 7 atom stereocenters. The zero-order valence-corrected chi connectivity index (χ0v) is 23.4. The van der Waals surface area contributed by atoms with Crippen LogP contribution in [0.5, 0.6) is 0 Å². The van der Waals surface area contributed by atoms with E-state index < -0.39 is 41.1 Å². The molecule has 0 radical (unpaired) electrons. The average molecular weight is 519 g/mol. The summed E-state index contributed by atoms with van der Waals surface area (Å²) in [5.41, 5.74) is -0.142. The van der Waals surface area contributed by atoms with Gasteiger partial charge in [-0.25, -0.2) is 4.79 Å². The molecule has 1 aliphatic heterocycles. The van der Waals surface area contributed by atoms with Gasteiger partial charge in [0.2, 0.25) is 0 Å². The summed E-state index contributed by atoms with van der Waals surface area (Å²) >= 11 is 0. The summed E-state index contributed by atoms with van der Waals surface area (Å²) in [4.78, 5) is 25.4. The van der Waals surface area contributed by atoms with Crippen LogP contribution in [0.2, 0.25) is 0 Å². The first-order valence-corrected chi connectivity index (χ1v) is 13.9. The second-order valence-electron chi connectivity index (χ2n) is 11.8. The topological polar surface area (TPSA) is 113 Å². The molecule has 3 N–H and O–H groups in total. The molecule has 0 aromatic carbocycles. The number of carbonyl (C=O) groups excluding carboxylic acids is 2. The molecule has 0 unspecified atom stereocenters. The fraction of sp³-hybridized carbons (Fsp3) is 0.733. The van der Waals surface area contributed by atoms with Gasteiger partial charge in [-0.3, -0.25) is 4.79 Å². The van der Waals surface area contributed by atoms with E-state index in [2.05, 4.69) is 13.8 Å². The minimum atomic E-state index is -1.50. The Labute approximate surface area is 221 Å². The number of unbranched alkanes of at least 4 members (excludes halogenated alkanes) is 3. The lowest BCUT2D eigenvalue weighted by Crippen LogP contribution is -2.62. The van der Waals surface area contributed by atoms with Crippen molar-refractivity contribution in [1.82, 2.24) is 0 Å². The van der Waals surface area contributed by atoms with Crippen LogP contribution in [0.1, 0.15) is 92.9 Å². The van der Waals surface area contributed by atoms with E-state index in [1.54, 1.807) is 26.8 Å². The van der Waals surface area contributed by atoms with Crippen LogP contribution >= 0.6 is 0 Å². The van der Waals surface area contributed by atoms with Crippen LogP contribution in [0, 0.1) is 23.2 Å². The number of hydrogen-bond acceptors (Lipinski definition) is 7. The Balaban J connectivity index is 1.74. The van der Waals surface area contributed by atoms with E-state index in [-0.39, 0.29) is 18.4 Å². The van der Waals surface area contributed by atoms with E-state index in [9.17, 15) is 24.9 Å². The van der Waals surface area contributed by atoms with Crippen molar-refractivity contribution in [2.45, 2.75) is 111 Å². The van der Waals surface area contributed by atoms with Crippen molar-refractivity contribution in [3.05, 3.63) is 34.6 Å². The molecule has 1 fully saturated rings. The number of esters is 2. The number of fused-ring (bicyclic) bond motifs is 2. The monoisotopic (exact) mass is 518 g/mol. The molecule has 0 aromatic rings. The molecule has 0 spiro atoms. The molecule has 0 bridgehead atoms. The number of hydrogen-bond donors (Lipinski definition) is 3. The number of allylic oxidation sites excluding steroid dienone is 1. The first kappa shape index (κ1) is 29.6. The summed E-state index contributed by atoms with van der Waals surface area (Å²) in [6.45, 7) is 11.3. The van der Waals surface area contributed by atoms with Crippen LogP contribution in [0.3, 0.4) is 0 Å². The van der Waals surface area contributed by atoms with Crippen molar-refractivity contribution in [3.8, 4) is 0 Å². The summed E-state index contributed by atoms with van der Waals surface area (Å²) in [6.07, 6.45) is 8.50. The molecule has 208 valence electrons.